The molecule has 1 aromatic heterocycles. The minimum atomic E-state index is 0.328. The van der Waals surface area contributed by atoms with E-state index in [2.05, 4.69) is 26.1 Å². The van der Waals surface area contributed by atoms with E-state index >= 15 is 0 Å². The molecule has 78 valence electrons. The van der Waals surface area contributed by atoms with E-state index in [-0.39, 0.29) is 0 Å². The first kappa shape index (κ1) is 9.78. The van der Waals surface area contributed by atoms with E-state index in [1.54, 1.807) is 6.26 Å². The van der Waals surface area contributed by atoms with Crippen molar-refractivity contribution in [2.45, 2.75) is 45.7 Å². The molecule has 2 rings (SSSR count). The van der Waals surface area contributed by atoms with Gasteiger partial charge in [0.25, 0.3) is 0 Å². The second-order valence-electron chi connectivity index (χ2n) is 4.98. The summed E-state index contributed by atoms with van der Waals surface area (Å²) in [5, 5.41) is 3.62. The molecule has 1 aliphatic rings. The first-order valence-corrected chi connectivity index (χ1v) is 5.39. The van der Waals surface area contributed by atoms with Crippen LogP contribution in [0.4, 0.5) is 0 Å². The molecule has 0 bridgehead atoms. The molecule has 0 saturated heterocycles. The Morgan fingerprint density at radius 1 is 1.57 bits per heavy atom. The summed E-state index contributed by atoms with van der Waals surface area (Å²) in [4.78, 5) is 0. The van der Waals surface area contributed by atoms with Crippen LogP contribution in [0.2, 0.25) is 0 Å². The molecule has 2 atom stereocenters. The Hall–Kier alpha value is -0.760. The van der Waals surface area contributed by atoms with Crippen molar-refractivity contribution in [3.05, 3.63) is 24.2 Å². The highest BCUT2D eigenvalue weighted by Crippen LogP contribution is 2.41. The van der Waals surface area contributed by atoms with Gasteiger partial charge in [-0.1, -0.05) is 13.8 Å². The third-order valence-corrected chi connectivity index (χ3v) is 3.44. The average molecular weight is 193 g/mol. The fraction of sp³-hybridized carbons (Fsp3) is 0.667. The Balaban J connectivity index is 1.92. The molecular formula is C12H19NO. The van der Waals surface area contributed by atoms with E-state index in [1.807, 2.05) is 12.1 Å². The zero-order valence-corrected chi connectivity index (χ0v) is 9.21. The molecule has 1 heterocycles. The molecule has 1 aliphatic carbocycles. The Morgan fingerprint density at radius 3 is 2.79 bits per heavy atom. The second kappa shape index (κ2) is 3.43. The predicted octanol–water partition coefficient (Wildman–Crippen LogP) is 3.12. The normalized spacial score (nSPS) is 26.9. The molecule has 2 heteroatoms. The number of furan rings is 1. The summed E-state index contributed by atoms with van der Waals surface area (Å²) in [6, 6.07) is 4.94. The monoisotopic (exact) mass is 193 g/mol. The van der Waals surface area contributed by atoms with Crippen molar-refractivity contribution in [3.63, 3.8) is 0 Å². The maximum atomic E-state index is 5.37. The van der Waals surface area contributed by atoms with Gasteiger partial charge < -0.3 is 9.73 Å². The van der Waals surface area contributed by atoms with Gasteiger partial charge in [0.1, 0.15) is 5.76 Å². The number of hydrogen-bond acceptors (Lipinski definition) is 2. The zero-order chi connectivity index (χ0) is 10.2. The predicted molar refractivity (Wildman–Crippen MR) is 57.1 cm³/mol. The summed E-state index contributed by atoms with van der Waals surface area (Å²) < 4.78 is 5.37. The number of rotatable bonds is 3. The van der Waals surface area contributed by atoms with E-state index in [0.29, 0.717) is 17.5 Å². The van der Waals surface area contributed by atoms with Gasteiger partial charge >= 0.3 is 0 Å². The minimum absolute atomic E-state index is 0.328. The first-order valence-electron chi connectivity index (χ1n) is 5.39. The highest BCUT2D eigenvalue weighted by molar-refractivity contribution is 5.05. The van der Waals surface area contributed by atoms with Crippen molar-refractivity contribution < 1.29 is 4.42 Å². The fourth-order valence-electron chi connectivity index (χ4n) is 2.10. The lowest BCUT2D eigenvalue weighted by Gasteiger charge is -2.46. The lowest BCUT2D eigenvalue weighted by atomic mass is 9.67. The van der Waals surface area contributed by atoms with E-state index in [4.69, 9.17) is 4.42 Å². The van der Waals surface area contributed by atoms with Gasteiger partial charge in [-0.25, -0.2) is 0 Å². The van der Waals surface area contributed by atoms with Gasteiger partial charge in [-0.3, -0.25) is 0 Å². The average Bonchev–Trinajstić information content (AvgIpc) is 2.65. The molecule has 1 unspecified atom stereocenters. The van der Waals surface area contributed by atoms with Crippen LogP contribution < -0.4 is 5.32 Å². The van der Waals surface area contributed by atoms with Gasteiger partial charge in [0.05, 0.1) is 12.3 Å². The zero-order valence-electron chi connectivity index (χ0n) is 9.21. The highest BCUT2D eigenvalue weighted by Gasteiger charge is 2.38. The summed E-state index contributed by atoms with van der Waals surface area (Å²) in [5.41, 5.74) is 0.459. The van der Waals surface area contributed by atoms with Crippen molar-refractivity contribution >= 4 is 0 Å². The Labute approximate surface area is 85.7 Å². The van der Waals surface area contributed by atoms with Crippen molar-refractivity contribution in [2.75, 3.05) is 0 Å². The molecule has 0 spiro atoms. The van der Waals surface area contributed by atoms with Gasteiger partial charge in [0.15, 0.2) is 0 Å². The molecule has 14 heavy (non-hydrogen) atoms. The van der Waals surface area contributed by atoms with E-state index < -0.39 is 0 Å². The van der Waals surface area contributed by atoms with Gasteiger partial charge in [-0.2, -0.15) is 0 Å². The fourth-order valence-corrected chi connectivity index (χ4v) is 2.10. The highest BCUT2D eigenvalue weighted by atomic mass is 16.3. The summed E-state index contributed by atoms with van der Waals surface area (Å²) >= 11 is 0. The molecule has 1 fully saturated rings. The number of nitrogens with one attached hydrogen (secondary N) is 1. The SMILES string of the molecule is C[C@@H](NC1CCC1(C)C)c1ccco1. The lowest BCUT2D eigenvalue weighted by molar-refractivity contribution is 0.0969. The van der Waals surface area contributed by atoms with Crippen LogP contribution in [0.5, 0.6) is 0 Å². The van der Waals surface area contributed by atoms with Crippen LogP contribution >= 0.6 is 0 Å². The molecular weight excluding hydrogens is 174 g/mol. The molecule has 2 nitrogen and oxygen atoms in total. The Bertz CT molecular complexity index is 289. The molecule has 1 aromatic rings. The van der Waals surface area contributed by atoms with Crippen LogP contribution in [0.3, 0.4) is 0 Å². The second-order valence-corrected chi connectivity index (χ2v) is 4.98. The maximum Gasteiger partial charge on any atom is 0.120 e. The van der Waals surface area contributed by atoms with Gasteiger partial charge in [0.2, 0.25) is 0 Å². The van der Waals surface area contributed by atoms with E-state index in [1.165, 1.54) is 12.8 Å². The van der Waals surface area contributed by atoms with Crippen molar-refractivity contribution in [2.24, 2.45) is 5.41 Å². The van der Waals surface area contributed by atoms with Gasteiger partial charge in [-0.15, -0.1) is 0 Å². The maximum absolute atomic E-state index is 5.37. The van der Waals surface area contributed by atoms with Crippen LogP contribution in [-0.4, -0.2) is 6.04 Å². The largest absolute Gasteiger partial charge is 0.468 e. The van der Waals surface area contributed by atoms with Crippen molar-refractivity contribution in [1.82, 2.24) is 5.32 Å². The van der Waals surface area contributed by atoms with Crippen LogP contribution in [0.15, 0.2) is 22.8 Å². The topological polar surface area (TPSA) is 25.2 Å². The van der Waals surface area contributed by atoms with Crippen LogP contribution in [0.25, 0.3) is 0 Å². The Morgan fingerprint density at radius 2 is 2.36 bits per heavy atom. The molecule has 1 N–H and O–H groups in total. The van der Waals surface area contributed by atoms with Crippen LogP contribution in [0, 0.1) is 5.41 Å². The van der Waals surface area contributed by atoms with Crippen LogP contribution in [-0.2, 0) is 0 Å². The standard InChI is InChI=1S/C12H19NO/c1-9(10-5-4-8-14-10)13-11-6-7-12(11,2)3/h4-5,8-9,11,13H,6-7H2,1-3H3/t9-,11?/m1/s1. The summed E-state index contributed by atoms with van der Waals surface area (Å²) in [5.74, 6) is 1.03. The molecule has 1 saturated carbocycles. The number of hydrogen-bond donors (Lipinski definition) is 1. The van der Waals surface area contributed by atoms with Gasteiger partial charge in [0, 0.05) is 6.04 Å². The third-order valence-electron chi connectivity index (χ3n) is 3.44. The van der Waals surface area contributed by atoms with Crippen molar-refractivity contribution in [1.29, 1.82) is 0 Å². The third kappa shape index (κ3) is 1.71. The summed E-state index contributed by atoms with van der Waals surface area (Å²) in [7, 11) is 0. The Kier molecular flexibility index (Phi) is 2.40. The lowest BCUT2D eigenvalue weighted by Crippen LogP contribution is -2.50. The minimum Gasteiger partial charge on any atom is -0.468 e. The van der Waals surface area contributed by atoms with E-state index in [0.717, 1.165) is 5.76 Å². The molecule has 0 aliphatic heterocycles. The first-order chi connectivity index (χ1) is 6.59. The molecule has 0 amide bonds. The van der Waals surface area contributed by atoms with Crippen LogP contribution in [0.1, 0.15) is 45.4 Å². The molecule has 0 radical (unpaired) electrons. The smallest absolute Gasteiger partial charge is 0.120 e. The molecule has 0 aromatic carbocycles. The van der Waals surface area contributed by atoms with E-state index in [9.17, 15) is 0 Å². The summed E-state index contributed by atoms with van der Waals surface area (Å²) in [6.45, 7) is 6.80. The van der Waals surface area contributed by atoms with Crippen molar-refractivity contribution in [3.8, 4) is 0 Å². The quantitative estimate of drug-likeness (QED) is 0.798. The summed E-state index contributed by atoms with van der Waals surface area (Å²) in [6.07, 6.45) is 4.35. The van der Waals surface area contributed by atoms with Gasteiger partial charge in [-0.05, 0) is 37.3 Å².